The van der Waals surface area contributed by atoms with Gasteiger partial charge in [0.25, 0.3) is 5.91 Å². The zero-order valence-corrected chi connectivity index (χ0v) is 15.4. The largest absolute Gasteiger partial charge is 0.452 e. The smallest absolute Gasteiger partial charge is 0.342 e. The summed E-state index contributed by atoms with van der Waals surface area (Å²) in [5.41, 5.74) is 2.19. The maximum atomic E-state index is 12.4. The zero-order chi connectivity index (χ0) is 18.6. The first-order valence-corrected chi connectivity index (χ1v) is 8.35. The van der Waals surface area contributed by atoms with Crippen molar-refractivity contribution in [2.45, 2.75) is 46.6 Å². The van der Waals surface area contributed by atoms with Gasteiger partial charge in [-0.3, -0.25) is 4.79 Å². The number of hydrogen-bond acceptors (Lipinski definition) is 4. The third-order valence-corrected chi connectivity index (χ3v) is 4.19. The van der Waals surface area contributed by atoms with Gasteiger partial charge in [-0.2, -0.15) is 5.10 Å². The van der Waals surface area contributed by atoms with Crippen molar-refractivity contribution in [3.8, 4) is 5.69 Å². The van der Waals surface area contributed by atoms with E-state index in [1.807, 2.05) is 58.0 Å². The Hall–Kier alpha value is -2.63. The van der Waals surface area contributed by atoms with Crippen LogP contribution in [0.1, 0.15) is 48.9 Å². The minimum absolute atomic E-state index is 0.308. The van der Waals surface area contributed by atoms with Crippen molar-refractivity contribution in [1.29, 1.82) is 0 Å². The summed E-state index contributed by atoms with van der Waals surface area (Å²) < 4.78 is 6.89. The molecule has 0 bridgehead atoms. The Bertz CT molecular complexity index is 764. The average Bonchev–Trinajstić information content (AvgIpc) is 2.88. The van der Waals surface area contributed by atoms with E-state index in [-0.39, 0.29) is 18.1 Å². The Morgan fingerprint density at radius 1 is 1.20 bits per heavy atom. The van der Waals surface area contributed by atoms with Crippen molar-refractivity contribution in [1.82, 2.24) is 15.1 Å². The highest BCUT2D eigenvalue weighted by molar-refractivity contribution is 5.93. The minimum Gasteiger partial charge on any atom is -0.452 e. The van der Waals surface area contributed by atoms with E-state index in [1.165, 1.54) is 0 Å². The number of aryl methyl sites for hydroxylation is 1. The van der Waals surface area contributed by atoms with Gasteiger partial charge in [0.1, 0.15) is 5.56 Å². The predicted octanol–water partition coefficient (Wildman–Crippen LogP) is 2.95. The van der Waals surface area contributed by atoms with Gasteiger partial charge in [0.15, 0.2) is 6.61 Å². The molecule has 6 heteroatoms. The molecule has 0 aliphatic heterocycles. The second-order valence-corrected chi connectivity index (χ2v) is 6.65. The number of esters is 1. The second kappa shape index (κ2) is 7.51. The van der Waals surface area contributed by atoms with Gasteiger partial charge in [-0.1, -0.05) is 25.1 Å². The lowest BCUT2D eigenvalue weighted by Crippen LogP contribution is -2.44. The van der Waals surface area contributed by atoms with Crippen LogP contribution in [0.4, 0.5) is 0 Å². The van der Waals surface area contributed by atoms with E-state index in [4.69, 9.17) is 4.74 Å². The molecule has 0 atom stereocenters. The zero-order valence-electron chi connectivity index (χ0n) is 15.4. The van der Waals surface area contributed by atoms with E-state index >= 15 is 0 Å². The normalized spacial score (nSPS) is 11.2. The number of ether oxygens (including phenoxy) is 1. The molecule has 134 valence electrons. The van der Waals surface area contributed by atoms with Crippen LogP contribution in [0, 0.1) is 13.8 Å². The van der Waals surface area contributed by atoms with Gasteiger partial charge in [0.2, 0.25) is 0 Å². The minimum atomic E-state index is -0.540. The van der Waals surface area contributed by atoms with Crippen molar-refractivity contribution >= 4 is 11.9 Å². The molecule has 0 fully saturated rings. The summed E-state index contributed by atoms with van der Waals surface area (Å²) in [5, 5.41) is 7.25. The van der Waals surface area contributed by atoms with E-state index in [1.54, 1.807) is 11.6 Å². The first kappa shape index (κ1) is 18.7. The molecule has 0 saturated carbocycles. The molecule has 2 aromatic rings. The molecular formula is C19H25N3O3. The quantitative estimate of drug-likeness (QED) is 0.819. The van der Waals surface area contributed by atoms with Gasteiger partial charge in [-0.05, 0) is 46.2 Å². The van der Waals surface area contributed by atoms with Crippen molar-refractivity contribution in [2.75, 3.05) is 6.61 Å². The number of amides is 1. The van der Waals surface area contributed by atoms with E-state index in [2.05, 4.69) is 10.4 Å². The van der Waals surface area contributed by atoms with Gasteiger partial charge >= 0.3 is 5.97 Å². The Kier molecular flexibility index (Phi) is 5.62. The lowest BCUT2D eigenvalue weighted by Gasteiger charge is -2.24. The molecule has 2 rings (SSSR count). The molecule has 1 aromatic carbocycles. The molecule has 0 aliphatic carbocycles. The van der Waals surface area contributed by atoms with Crippen molar-refractivity contribution < 1.29 is 14.3 Å². The van der Waals surface area contributed by atoms with Gasteiger partial charge in [-0.15, -0.1) is 0 Å². The molecule has 0 unspecified atom stereocenters. The van der Waals surface area contributed by atoms with Crippen LogP contribution in [0.15, 0.2) is 30.3 Å². The summed E-state index contributed by atoms with van der Waals surface area (Å²) in [6.07, 6.45) is 0.786. The standard InChI is InChI=1S/C19H25N3O3/c1-6-19(4,5)20-16(23)12-25-18(24)17-13(2)21-22(14(17)3)15-10-8-7-9-11-15/h7-11H,6,12H2,1-5H3,(H,20,23). The van der Waals surface area contributed by atoms with Gasteiger partial charge < -0.3 is 10.1 Å². The van der Waals surface area contributed by atoms with Crippen LogP contribution in [-0.4, -0.2) is 33.8 Å². The van der Waals surface area contributed by atoms with Crippen molar-refractivity contribution in [3.05, 3.63) is 47.3 Å². The number of nitrogens with one attached hydrogen (secondary N) is 1. The first-order chi connectivity index (χ1) is 11.7. The molecule has 0 spiro atoms. The number of para-hydroxylation sites is 1. The molecule has 25 heavy (non-hydrogen) atoms. The van der Waals surface area contributed by atoms with Gasteiger partial charge in [-0.25, -0.2) is 9.48 Å². The van der Waals surface area contributed by atoms with E-state index in [0.717, 1.165) is 12.1 Å². The highest BCUT2D eigenvalue weighted by atomic mass is 16.5. The van der Waals surface area contributed by atoms with Crippen molar-refractivity contribution in [3.63, 3.8) is 0 Å². The van der Waals surface area contributed by atoms with E-state index < -0.39 is 5.97 Å². The van der Waals surface area contributed by atoms with Gasteiger partial charge in [0, 0.05) is 5.54 Å². The summed E-state index contributed by atoms with van der Waals surface area (Å²) in [6, 6.07) is 9.55. The summed E-state index contributed by atoms with van der Waals surface area (Å²) in [5.74, 6) is -0.854. The number of carbonyl (C=O) groups excluding carboxylic acids is 2. The fourth-order valence-electron chi connectivity index (χ4n) is 2.46. The molecule has 1 amide bonds. The van der Waals surface area contributed by atoms with Crippen LogP contribution in [0.2, 0.25) is 0 Å². The fourth-order valence-corrected chi connectivity index (χ4v) is 2.46. The summed E-state index contributed by atoms with van der Waals surface area (Å²) in [7, 11) is 0. The van der Waals surface area contributed by atoms with Crippen LogP contribution in [0.5, 0.6) is 0 Å². The van der Waals surface area contributed by atoms with Gasteiger partial charge in [0.05, 0.1) is 17.1 Å². The monoisotopic (exact) mass is 343 g/mol. The molecule has 0 aliphatic rings. The Balaban J connectivity index is 2.10. The maximum absolute atomic E-state index is 12.4. The highest BCUT2D eigenvalue weighted by Crippen LogP contribution is 2.18. The van der Waals surface area contributed by atoms with Crippen LogP contribution in [0.25, 0.3) is 5.69 Å². The third-order valence-electron chi connectivity index (χ3n) is 4.19. The van der Waals surface area contributed by atoms with Crippen LogP contribution in [-0.2, 0) is 9.53 Å². The molecule has 0 radical (unpaired) electrons. The van der Waals surface area contributed by atoms with Crippen LogP contribution < -0.4 is 5.32 Å². The highest BCUT2D eigenvalue weighted by Gasteiger charge is 2.23. The topological polar surface area (TPSA) is 73.2 Å². The third kappa shape index (κ3) is 4.47. The summed E-state index contributed by atoms with van der Waals surface area (Å²) in [4.78, 5) is 24.4. The molecule has 0 saturated heterocycles. The number of nitrogens with zero attached hydrogens (tertiary/aromatic N) is 2. The van der Waals surface area contributed by atoms with Crippen LogP contribution in [0.3, 0.4) is 0 Å². The second-order valence-electron chi connectivity index (χ2n) is 6.65. The molecule has 1 N–H and O–H groups in total. The van der Waals surface area contributed by atoms with E-state index in [9.17, 15) is 9.59 Å². The van der Waals surface area contributed by atoms with Crippen molar-refractivity contribution in [2.24, 2.45) is 0 Å². The Labute approximate surface area is 148 Å². The number of aromatic nitrogens is 2. The predicted molar refractivity (Wildman–Crippen MR) is 95.8 cm³/mol. The molecule has 1 heterocycles. The SMILES string of the molecule is CCC(C)(C)NC(=O)COC(=O)c1c(C)nn(-c2ccccc2)c1C. The molecule has 6 nitrogen and oxygen atoms in total. The molecular weight excluding hydrogens is 318 g/mol. The first-order valence-electron chi connectivity index (χ1n) is 8.35. The van der Waals surface area contributed by atoms with Crippen LogP contribution >= 0.6 is 0 Å². The van der Waals surface area contributed by atoms with E-state index in [0.29, 0.717) is 17.0 Å². The maximum Gasteiger partial charge on any atom is 0.342 e. The molecule has 1 aromatic heterocycles. The Morgan fingerprint density at radius 2 is 1.84 bits per heavy atom. The summed E-state index contributed by atoms with van der Waals surface area (Å²) in [6.45, 7) is 9.08. The number of benzene rings is 1. The summed E-state index contributed by atoms with van der Waals surface area (Å²) >= 11 is 0. The average molecular weight is 343 g/mol. The number of rotatable bonds is 6. The Morgan fingerprint density at radius 3 is 2.44 bits per heavy atom. The lowest BCUT2D eigenvalue weighted by atomic mass is 10.0. The number of carbonyl (C=O) groups is 2. The fraction of sp³-hybridized carbons (Fsp3) is 0.421. The lowest BCUT2D eigenvalue weighted by molar-refractivity contribution is -0.125. The number of hydrogen-bond donors (Lipinski definition) is 1.